The molecule has 324 valence electrons. The van der Waals surface area contributed by atoms with Crippen molar-refractivity contribution in [1.82, 2.24) is 10.0 Å². The summed E-state index contributed by atoms with van der Waals surface area (Å²) in [6.45, 7) is 0.612. The Balaban J connectivity index is 1.16. The quantitative estimate of drug-likeness (QED) is 0.0401. The lowest BCUT2D eigenvalue weighted by Crippen LogP contribution is -2.28. The molecule has 1 aromatic heterocycles. The number of nitriles is 1. The van der Waals surface area contributed by atoms with Crippen LogP contribution >= 0.6 is 18.9 Å². The van der Waals surface area contributed by atoms with E-state index in [0.717, 1.165) is 17.2 Å². The third kappa shape index (κ3) is 11.7. The lowest BCUT2D eigenvalue weighted by Gasteiger charge is -2.21. The number of nitrogens with two attached hydrogens (primary N) is 1. The lowest BCUT2D eigenvalue weighted by molar-refractivity contribution is -0.137. The number of hydrogen-bond donors (Lipinski definition) is 5. The molecule has 20 heteroatoms. The van der Waals surface area contributed by atoms with Gasteiger partial charge in [-0.1, -0.05) is 66.7 Å². The molecule has 0 fully saturated rings. The van der Waals surface area contributed by atoms with Crippen molar-refractivity contribution in [2.45, 2.75) is 29.4 Å². The molecule has 14 nitrogen and oxygen atoms in total. The summed E-state index contributed by atoms with van der Waals surface area (Å²) >= 11 is 0.682. The Morgan fingerprint density at radius 1 is 0.806 bits per heavy atom. The average Bonchev–Trinajstić information content (AvgIpc) is 3.68. The first-order chi connectivity index (χ1) is 29.6. The number of sulfonamides is 1. The number of halogens is 3. The minimum atomic E-state index is -5.48. The van der Waals surface area contributed by atoms with Crippen LogP contribution in [-0.2, 0) is 34.0 Å². The molecule has 0 saturated heterocycles. The fourth-order valence-corrected chi connectivity index (χ4v) is 9.93. The maximum atomic E-state index is 13.7. The molecule has 1 heterocycles. The summed E-state index contributed by atoms with van der Waals surface area (Å²) in [5.74, 6) is -1.74. The number of rotatable bonds is 19. The van der Waals surface area contributed by atoms with Gasteiger partial charge in [0, 0.05) is 22.9 Å². The van der Waals surface area contributed by atoms with Crippen LogP contribution in [0.2, 0.25) is 0 Å². The van der Waals surface area contributed by atoms with Gasteiger partial charge in [0.1, 0.15) is 36.4 Å². The van der Waals surface area contributed by atoms with Crippen LogP contribution in [0.3, 0.4) is 0 Å². The molecule has 1 unspecified atom stereocenters. The van der Waals surface area contributed by atoms with Crippen molar-refractivity contribution < 1.29 is 59.7 Å². The Morgan fingerprint density at radius 3 is 2.03 bits per heavy atom. The molecule has 1 amide bonds. The SMILES string of the molecule is N#Cc1ccc(C(NS(=O)(=O)c2cc3cc(OCCN)c(OCCNC(=O)c4ccc(OCc5ccccc5)c(OCc5ccccc5)c4)cc3s2)P(=O)(O)O)cc1C(F)(F)F. The maximum Gasteiger partial charge on any atom is 0.417 e. The highest BCUT2D eigenvalue weighted by Gasteiger charge is 2.39. The van der Waals surface area contributed by atoms with Gasteiger partial charge in [-0.15, -0.1) is 11.3 Å². The zero-order valence-corrected chi connectivity index (χ0v) is 34.9. The van der Waals surface area contributed by atoms with Crippen molar-refractivity contribution in [2.24, 2.45) is 5.73 Å². The van der Waals surface area contributed by atoms with Gasteiger partial charge in [-0.05, 0) is 64.5 Å². The number of hydrogen-bond acceptors (Lipinski definition) is 11. The smallest absolute Gasteiger partial charge is 0.417 e. The molecule has 0 spiro atoms. The van der Waals surface area contributed by atoms with Crippen LogP contribution in [0, 0.1) is 11.3 Å². The van der Waals surface area contributed by atoms with Gasteiger partial charge >= 0.3 is 13.8 Å². The molecule has 0 saturated carbocycles. The second-order valence-electron chi connectivity index (χ2n) is 13.4. The Labute approximate surface area is 357 Å². The third-order valence-corrected chi connectivity index (χ3v) is 13.2. The Morgan fingerprint density at radius 2 is 1.42 bits per heavy atom. The normalized spacial score (nSPS) is 12.3. The number of nitrogens with zero attached hydrogens (tertiary/aromatic N) is 1. The first-order valence-electron chi connectivity index (χ1n) is 18.5. The molecule has 6 N–H and O–H groups in total. The molecule has 0 bridgehead atoms. The fourth-order valence-electron chi connectivity index (χ4n) is 5.93. The zero-order valence-electron chi connectivity index (χ0n) is 32.4. The van der Waals surface area contributed by atoms with Crippen LogP contribution in [0.1, 0.15) is 44.0 Å². The van der Waals surface area contributed by atoms with Gasteiger partial charge in [-0.25, -0.2) is 8.42 Å². The number of benzene rings is 5. The number of fused-ring (bicyclic) bond motifs is 1. The van der Waals surface area contributed by atoms with E-state index in [4.69, 9.17) is 29.9 Å². The van der Waals surface area contributed by atoms with E-state index in [1.807, 2.05) is 65.4 Å². The third-order valence-electron chi connectivity index (χ3n) is 8.91. The fraction of sp³-hybridized carbons (Fsp3) is 0.190. The number of alkyl halides is 3. The highest BCUT2D eigenvalue weighted by molar-refractivity contribution is 7.92. The lowest BCUT2D eigenvalue weighted by atomic mass is 10.0. The molecule has 62 heavy (non-hydrogen) atoms. The minimum Gasteiger partial charge on any atom is -0.488 e. The van der Waals surface area contributed by atoms with Crippen LogP contribution < -0.4 is 34.7 Å². The molecule has 0 radical (unpaired) electrons. The van der Waals surface area contributed by atoms with E-state index < -0.39 is 56.4 Å². The summed E-state index contributed by atoms with van der Waals surface area (Å²) in [5, 5.41) is 12.2. The molecule has 6 aromatic rings. The molecular formula is C42H38F3N4O10PS2. The predicted octanol–water partition coefficient (Wildman–Crippen LogP) is 7.25. The summed E-state index contributed by atoms with van der Waals surface area (Å²) in [4.78, 5) is 33.4. The summed E-state index contributed by atoms with van der Waals surface area (Å²) in [5.41, 5.74) is 4.77. The predicted molar refractivity (Wildman–Crippen MR) is 223 cm³/mol. The average molecular weight is 911 g/mol. The van der Waals surface area contributed by atoms with Gasteiger partial charge in [0.05, 0.1) is 23.7 Å². The van der Waals surface area contributed by atoms with Gasteiger partial charge in [0.15, 0.2) is 23.0 Å². The van der Waals surface area contributed by atoms with Gasteiger partial charge in [-0.2, -0.15) is 23.2 Å². The van der Waals surface area contributed by atoms with Gasteiger partial charge in [-0.3, -0.25) is 9.36 Å². The summed E-state index contributed by atoms with van der Waals surface area (Å²) in [7, 11) is -10.3. The number of nitrogens with one attached hydrogen (secondary N) is 2. The molecule has 0 aliphatic rings. The van der Waals surface area contributed by atoms with E-state index in [2.05, 4.69) is 5.32 Å². The summed E-state index contributed by atoms with van der Waals surface area (Å²) in [6, 6.07) is 31.2. The second-order valence-corrected chi connectivity index (χ2v) is 18.1. The molecule has 5 aromatic carbocycles. The van der Waals surface area contributed by atoms with Crippen LogP contribution in [0.5, 0.6) is 23.0 Å². The highest BCUT2D eigenvalue weighted by Crippen LogP contribution is 2.52. The van der Waals surface area contributed by atoms with Crippen LogP contribution in [0.25, 0.3) is 10.1 Å². The Hall–Kier alpha value is -5.97. The van der Waals surface area contributed by atoms with Crippen molar-refractivity contribution >= 4 is 44.9 Å². The molecular weight excluding hydrogens is 873 g/mol. The molecule has 6 rings (SSSR count). The minimum absolute atomic E-state index is 0.0167. The number of carbonyl (C=O) groups is 1. The van der Waals surface area contributed by atoms with E-state index in [9.17, 15) is 40.7 Å². The van der Waals surface area contributed by atoms with Crippen molar-refractivity contribution in [1.29, 1.82) is 5.26 Å². The highest BCUT2D eigenvalue weighted by atomic mass is 32.2. The molecule has 0 aliphatic carbocycles. The summed E-state index contributed by atoms with van der Waals surface area (Å²) < 4.78 is 106. The van der Waals surface area contributed by atoms with Crippen molar-refractivity contribution in [3.8, 4) is 29.1 Å². The van der Waals surface area contributed by atoms with Crippen LogP contribution in [-0.4, -0.2) is 50.4 Å². The number of ether oxygens (including phenoxy) is 4. The van der Waals surface area contributed by atoms with E-state index in [-0.39, 0.29) is 56.6 Å². The van der Waals surface area contributed by atoms with Gasteiger partial charge in [0.25, 0.3) is 15.9 Å². The monoisotopic (exact) mass is 910 g/mol. The zero-order chi connectivity index (χ0) is 44.5. The van der Waals surface area contributed by atoms with Gasteiger partial charge < -0.3 is 39.8 Å². The first kappa shape index (κ1) is 45.6. The van der Waals surface area contributed by atoms with Crippen molar-refractivity contribution in [3.63, 3.8) is 0 Å². The number of thiophene rings is 1. The van der Waals surface area contributed by atoms with Crippen LogP contribution in [0.4, 0.5) is 13.2 Å². The summed E-state index contributed by atoms with van der Waals surface area (Å²) in [6.07, 6.45) is -5.08. The Bertz CT molecular complexity index is 2730. The van der Waals surface area contributed by atoms with Crippen molar-refractivity contribution in [3.05, 3.63) is 149 Å². The number of carbonyl (C=O) groups excluding carboxylic acids is 1. The van der Waals surface area contributed by atoms with Gasteiger partial charge in [0.2, 0.25) is 0 Å². The first-order valence-corrected chi connectivity index (χ1v) is 22.5. The topological polar surface area (TPSA) is 220 Å². The maximum absolute atomic E-state index is 13.7. The van der Waals surface area contributed by atoms with E-state index in [1.54, 1.807) is 18.2 Å². The molecule has 1 atom stereocenters. The van der Waals surface area contributed by atoms with E-state index >= 15 is 0 Å². The Kier molecular flexibility index (Phi) is 14.6. The standard InChI is InChI=1S/C42H38F3N4O10PS2/c43-42(44,45)33-19-30(11-12-31(33)24-47)41(60(51,52)53)49-62(54,55)39-22-32-21-36(56-17-15-46)37(23-38(32)61-39)57-18-16-48-40(50)29-13-14-34(58-25-27-7-3-1-4-8-27)35(20-29)59-26-28-9-5-2-6-10-28/h1-14,19-23,41,49H,15-18,25-26,46H2,(H,48,50)(H2,51,52,53). The van der Waals surface area contributed by atoms with E-state index in [0.29, 0.717) is 45.1 Å². The van der Waals surface area contributed by atoms with Crippen LogP contribution in [0.15, 0.2) is 119 Å². The largest absolute Gasteiger partial charge is 0.488 e. The van der Waals surface area contributed by atoms with E-state index in [1.165, 1.54) is 24.3 Å². The number of amides is 1. The van der Waals surface area contributed by atoms with Crippen molar-refractivity contribution in [2.75, 3.05) is 26.3 Å². The molecule has 0 aliphatic heterocycles. The second kappa shape index (κ2) is 19.8.